The highest BCUT2D eigenvalue weighted by Gasteiger charge is 2.31. The van der Waals surface area contributed by atoms with Crippen LogP contribution in [-0.4, -0.2) is 42.4 Å². The topological polar surface area (TPSA) is 141 Å². The van der Waals surface area contributed by atoms with Crippen LogP contribution < -0.4 is 33.8 Å². The van der Waals surface area contributed by atoms with Gasteiger partial charge in [-0.2, -0.15) is 0 Å². The van der Waals surface area contributed by atoms with Crippen molar-refractivity contribution in [3.05, 3.63) is 116 Å². The molecule has 250 valence electrons. The smallest absolute Gasteiger partial charge is 0.337 e. The van der Waals surface area contributed by atoms with Crippen molar-refractivity contribution in [2.75, 3.05) is 26.9 Å². The number of methoxy groups -OCH3 is 1. The lowest BCUT2D eigenvalue weighted by Gasteiger charge is -2.23. The molecule has 12 nitrogen and oxygen atoms in total. The maximum Gasteiger partial charge on any atom is 0.337 e. The highest BCUT2D eigenvalue weighted by atomic mass is 127. The Bertz CT molecular complexity index is 2070. The summed E-state index contributed by atoms with van der Waals surface area (Å²) in [5, 5.41) is 11.2. The number of ether oxygens (including phenoxy) is 5. The molecule has 0 bridgehead atoms. The van der Waals surface area contributed by atoms with E-state index >= 15 is 0 Å². The SMILES string of the molecule is CCOc1ccc([C@H]2C(C(=O)OC)=CN=c3s/c(=C\c4cc(I)c(OCc5cccc([N+](=O)[O-])c5)c(OCC)c4)c(=O)n32)cc1OCC. The third-order valence-corrected chi connectivity index (χ3v) is 8.94. The molecule has 4 aromatic rings. The number of rotatable bonds is 13. The molecule has 0 aliphatic carbocycles. The molecule has 0 saturated carbocycles. The van der Waals surface area contributed by atoms with Crippen molar-refractivity contribution in [2.24, 2.45) is 4.99 Å². The molecule has 0 spiro atoms. The molecule has 1 aliphatic rings. The fourth-order valence-electron chi connectivity index (χ4n) is 5.13. The van der Waals surface area contributed by atoms with Crippen LogP contribution in [0.2, 0.25) is 0 Å². The lowest BCUT2D eigenvalue weighted by molar-refractivity contribution is -0.384. The van der Waals surface area contributed by atoms with Gasteiger partial charge in [-0.1, -0.05) is 29.5 Å². The van der Waals surface area contributed by atoms with E-state index in [0.29, 0.717) is 72.4 Å². The van der Waals surface area contributed by atoms with Gasteiger partial charge in [0.15, 0.2) is 27.8 Å². The van der Waals surface area contributed by atoms with E-state index in [1.807, 2.05) is 26.8 Å². The van der Waals surface area contributed by atoms with Crippen LogP contribution in [0.15, 0.2) is 76.2 Å². The maximum atomic E-state index is 14.1. The standard InChI is InChI=1S/C34H32IN3O9S/c1-5-44-26-12-11-22(17-27(26)45-6-2)30-24(33(40)43-4)18-36-34-37(30)32(39)29(48-34)16-21-14-25(35)31(28(15-21)46-7-3)47-19-20-9-8-10-23(13-20)38(41)42/h8-18,30H,5-7,19H2,1-4H3/b29-16-/t30-/m0/s1. The molecule has 0 saturated heterocycles. The number of nitro benzene ring substituents is 1. The number of carbonyl (C=O) groups is 1. The molecular weight excluding hydrogens is 753 g/mol. The van der Waals surface area contributed by atoms with Gasteiger partial charge in [0.2, 0.25) is 0 Å². The molecule has 0 N–H and O–H groups in total. The zero-order valence-corrected chi connectivity index (χ0v) is 29.5. The number of aromatic nitrogens is 1. The fourth-order valence-corrected chi connectivity index (χ4v) is 6.88. The normalized spacial score (nSPS) is 14.0. The monoisotopic (exact) mass is 785 g/mol. The van der Waals surface area contributed by atoms with E-state index in [2.05, 4.69) is 27.6 Å². The van der Waals surface area contributed by atoms with E-state index in [1.54, 1.807) is 42.5 Å². The van der Waals surface area contributed by atoms with E-state index < -0.39 is 16.9 Å². The van der Waals surface area contributed by atoms with Gasteiger partial charge < -0.3 is 23.7 Å². The average molecular weight is 786 g/mol. The molecule has 1 aliphatic heterocycles. The molecule has 5 rings (SSSR count). The van der Waals surface area contributed by atoms with Gasteiger partial charge in [-0.3, -0.25) is 19.5 Å². The van der Waals surface area contributed by atoms with Crippen LogP contribution in [0.3, 0.4) is 0 Å². The van der Waals surface area contributed by atoms with Gasteiger partial charge in [-0.25, -0.2) is 9.79 Å². The van der Waals surface area contributed by atoms with E-state index in [9.17, 15) is 19.7 Å². The maximum absolute atomic E-state index is 14.1. The Morgan fingerprint density at radius 2 is 1.73 bits per heavy atom. The molecule has 3 aromatic carbocycles. The molecule has 0 amide bonds. The minimum atomic E-state index is -0.825. The average Bonchev–Trinajstić information content (AvgIpc) is 3.39. The molecule has 14 heteroatoms. The summed E-state index contributed by atoms with van der Waals surface area (Å²) in [6.45, 7) is 6.87. The van der Waals surface area contributed by atoms with Crippen LogP contribution in [0.5, 0.6) is 23.0 Å². The first-order valence-electron chi connectivity index (χ1n) is 15.0. The Morgan fingerprint density at radius 1 is 1.00 bits per heavy atom. The number of hydrogen-bond donors (Lipinski definition) is 0. The van der Waals surface area contributed by atoms with E-state index in [0.717, 1.165) is 0 Å². The number of nitrogens with zero attached hydrogens (tertiary/aromatic N) is 3. The van der Waals surface area contributed by atoms with Gasteiger partial charge in [0.25, 0.3) is 11.2 Å². The zero-order valence-electron chi connectivity index (χ0n) is 26.6. The first-order chi connectivity index (χ1) is 23.2. The molecule has 48 heavy (non-hydrogen) atoms. The second kappa shape index (κ2) is 15.5. The largest absolute Gasteiger partial charge is 0.490 e. The molecule has 2 heterocycles. The van der Waals surface area contributed by atoms with Crippen LogP contribution in [0.4, 0.5) is 5.69 Å². The van der Waals surface area contributed by atoms with Crippen molar-refractivity contribution in [1.29, 1.82) is 0 Å². The Hall–Kier alpha value is -4.70. The van der Waals surface area contributed by atoms with Gasteiger partial charge in [0, 0.05) is 18.3 Å². The van der Waals surface area contributed by atoms with Crippen LogP contribution in [0, 0.1) is 13.7 Å². The molecule has 1 aromatic heterocycles. The van der Waals surface area contributed by atoms with Crippen molar-refractivity contribution in [3.8, 4) is 23.0 Å². The van der Waals surface area contributed by atoms with Crippen LogP contribution in [-0.2, 0) is 16.1 Å². The van der Waals surface area contributed by atoms with Gasteiger partial charge in [0.05, 0.1) is 51.6 Å². The molecular formula is C34H32IN3O9S. The fraction of sp³-hybridized carbons (Fsp3) is 0.265. The van der Waals surface area contributed by atoms with Crippen LogP contribution in [0.1, 0.15) is 43.5 Å². The Kier molecular flexibility index (Phi) is 11.2. The summed E-state index contributed by atoms with van der Waals surface area (Å²) in [6.07, 6.45) is 3.17. The Morgan fingerprint density at radius 3 is 2.44 bits per heavy atom. The summed E-state index contributed by atoms with van der Waals surface area (Å²) >= 11 is 3.32. The number of esters is 1. The molecule has 1 atom stereocenters. The number of fused-ring (bicyclic) bond motifs is 1. The second-order valence-electron chi connectivity index (χ2n) is 10.2. The summed E-state index contributed by atoms with van der Waals surface area (Å²) in [4.78, 5) is 42.6. The van der Waals surface area contributed by atoms with Crippen molar-refractivity contribution in [1.82, 2.24) is 4.57 Å². The number of halogens is 1. The Labute approximate surface area is 293 Å². The highest BCUT2D eigenvalue weighted by molar-refractivity contribution is 14.1. The third-order valence-electron chi connectivity index (χ3n) is 7.14. The van der Waals surface area contributed by atoms with Gasteiger partial charge >= 0.3 is 5.97 Å². The lowest BCUT2D eigenvalue weighted by Crippen LogP contribution is -2.39. The zero-order chi connectivity index (χ0) is 34.4. The van der Waals surface area contributed by atoms with E-state index in [4.69, 9.17) is 23.7 Å². The van der Waals surface area contributed by atoms with Crippen molar-refractivity contribution in [2.45, 2.75) is 33.4 Å². The first kappa shape index (κ1) is 34.6. The molecule has 0 radical (unpaired) electrons. The molecule has 0 unspecified atom stereocenters. The molecule has 0 fully saturated rings. The number of nitro groups is 1. The first-order valence-corrected chi connectivity index (χ1v) is 16.9. The predicted octanol–water partition coefficient (Wildman–Crippen LogP) is 5.31. The van der Waals surface area contributed by atoms with Crippen molar-refractivity contribution >= 4 is 51.7 Å². The van der Waals surface area contributed by atoms with Crippen molar-refractivity contribution in [3.63, 3.8) is 0 Å². The number of benzene rings is 3. The third kappa shape index (κ3) is 7.39. The second-order valence-corrected chi connectivity index (χ2v) is 12.4. The number of carbonyl (C=O) groups excluding carboxylic acids is 1. The predicted molar refractivity (Wildman–Crippen MR) is 188 cm³/mol. The summed E-state index contributed by atoms with van der Waals surface area (Å²) in [5.74, 6) is 1.37. The minimum absolute atomic E-state index is 0.0224. The Balaban J connectivity index is 1.55. The number of thiazole rings is 1. The lowest BCUT2D eigenvalue weighted by atomic mass is 9.97. The quantitative estimate of drug-likeness (QED) is 0.0764. The van der Waals surface area contributed by atoms with Crippen LogP contribution >= 0.6 is 33.9 Å². The highest BCUT2D eigenvalue weighted by Crippen LogP contribution is 2.36. The van der Waals surface area contributed by atoms with Crippen LogP contribution in [0.25, 0.3) is 6.08 Å². The van der Waals surface area contributed by atoms with Gasteiger partial charge in [-0.15, -0.1) is 0 Å². The van der Waals surface area contributed by atoms with Gasteiger partial charge in [0.1, 0.15) is 6.61 Å². The van der Waals surface area contributed by atoms with Gasteiger partial charge in [-0.05, 0) is 90.4 Å². The number of non-ortho nitro benzene ring substituents is 1. The van der Waals surface area contributed by atoms with E-state index in [1.165, 1.54) is 41.3 Å². The van der Waals surface area contributed by atoms with Crippen molar-refractivity contribution < 1.29 is 33.4 Å². The minimum Gasteiger partial charge on any atom is -0.490 e. The number of hydrogen-bond acceptors (Lipinski definition) is 11. The summed E-state index contributed by atoms with van der Waals surface area (Å²) < 4.78 is 31.2. The van der Waals surface area contributed by atoms with E-state index in [-0.39, 0.29) is 23.4 Å². The summed E-state index contributed by atoms with van der Waals surface area (Å²) in [5.41, 5.74) is 1.77. The summed E-state index contributed by atoms with van der Waals surface area (Å²) in [6, 6.07) is 14.4. The summed E-state index contributed by atoms with van der Waals surface area (Å²) in [7, 11) is 1.28.